The minimum atomic E-state index is -3.14. The van der Waals surface area contributed by atoms with E-state index in [0.29, 0.717) is 11.6 Å². The molecular formula is C28H28F2N6O2S. The highest BCUT2D eigenvalue weighted by Crippen LogP contribution is 2.69. The van der Waals surface area contributed by atoms with Crippen molar-refractivity contribution in [1.82, 2.24) is 29.9 Å². The van der Waals surface area contributed by atoms with Crippen molar-refractivity contribution >= 4 is 9.84 Å². The molecule has 8 nitrogen and oxygen atoms in total. The number of aryl methyl sites for hydroxylation is 2. The average molecular weight is 551 g/mol. The van der Waals surface area contributed by atoms with Crippen LogP contribution in [-0.2, 0) is 21.7 Å². The largest absolute Gasteiger partial charge is 0.233 e. The average Bonchev–Trinajstić information content (AvgIpc) is 3.50. The van der Waals surface area contributed by atoms with E-state index in [1.165, 1.54) is 24.5 Å². The lowest BCUT2D eigenvalue weighted by Gasteiger charge is -2.37. The van der Waals surface area contributed by atoms with E-state index in [1.807, 2.05) is 13.0 Å². The first-order valence-corrected chi connectivity index (χ1v) is 14.9. The molecule has 3 heterocycles. The van der Waals surface area contributed by atoms with Crippen molar-refractivity contribution in [1.29, 1.82) is 0 Å². The Balaban J connectivity index is 1.44. The summed E-state index contributed by atoms with van der Waals surface area (Å²) in [4.78, 5) is 9.31. The van der Waals surface area contributed by atoms with Crippen LogP contribution in [0.4, 0.5) is 8.78 Å². The lowest BCUT2D eigenvalue weighted by Crippen LogP contribution is -2.38. The first-order chi connectivity index (χ1) is 18.4. The van der Waals surface area contributed by atoms with Crippen molar-refractivity contribution in [2.45, 2.75) is 51.4 Å². The van der Waals surface area contributed by atoms with Gasteiger partial charge < -0.3 is 0 Å². The minimum Gasteiger partial charge on any atom is -0.233 e. The number of rotatable bonds is 6. The highest BCUT2D eigenvalue weighted by molar-refractivity contribution is 7.90. The Morgan fingerprint density at radius 1 is 1.10 bits per heavy atom. The van der Waals surface area contributed by atoms with Crippen LogP contribution in [0.25, 0.3) is 17.1 Å². The molecular weight excluding hydrogens is 522 g/mol. The molecule has 4 aromatic rings. The lowest BCUT2D eigenvalue weighted by molar-refractivity contribution is 0.242. The number of hydrogen-bond donors (Lipinski definition) is 0. The minimum absolute atomic E-state index is 0.0313. The van der Waals surface area contributed by atoms with Crippen LogP contribution in [0.15, 0.2) is 42.7 Å². The summed E-state index contributed by atoms with van der Waals surface area (Å²) in [6.45, 7) is 6.37. The Morgan fingerprint density at radius 2 is 1.85 bits per heavy atom. The van der Waals surface area contributed by atoms with Gasteiger partial charge in [-0.15, -0.1) is 10.2 Å². The maximum absolute atomic E-state index is 14.6. The zero-order valence-corrected chi connectivity index (χ0v) is 22.9. The Bertz CT molecular complexity index is 1720. The van der Waals surface area contributed by atoms with Crippen LogP contribution < -0.4 is 0 Å². The summed E-state index contributed by atoms with van der Waals surface area (Å²) < 4.78 is 53.8. The summed E-state index contributed by atoms with van der Waals surface area (Å²) in [5.41, 5.74) is 2.73. The maximum Gasteiger partial charge on any atom is 0.155 e. The van der Waals surface area contributed by atoms with Gasteiger partial charge in [0.2, 0.25) is 0 Å². The Labute approximate surface area is 225 Å². The zero-order chi connectivity index (χ0) is 27.7. The summed E-state index contributed by atoms with van der Waals surface area (Å²) in [7, 11) is -3.14. The molecule has 0 unspecified atom stereocenters. The molecule has 202 valence electrons. The van der Waals surface area contributed by atoms with Gasteiger partial charge in [-0.3, -0.25) is 0 Å². The fourth-order valence-corrected chi connectivity index (χ4v) is 7.09. The van der Waals surface area contributed by atoms with Gasteiger partial charge in [-0.05, 0) is 72.6 Å². The van der Waals surface area contributed by atoms with Crippen LogP contribution in [0, 0.1) is 24.0 Å². The molecule has 1 saturated carbocycles. The van der Waals surface area contributed by atoms with Gasteiger partial charge in [0.15, 0.2) is 11.6 Å². The number of aromatic nitrogens is 6. The molecule has 3 aromatic heterocycles. The van der Waals surface area contributed by atoms with E-state index in [9.17, 15) is 17.2 Å². The standard InChI is InChI=1S/C28H28F2N6O2S/c1-16-12-22(32-24(13-16)36-15-31-23(35-36)9-11-39(4,37)38)28-10-8-18(27(28,2)3)17-14-21(33-34-26(17)28)25-19(29)6-5-7-20(25)30/h5-7,12-15,18H,8-11H2,1-4H3/t18-,28+/m0/s1. The van der Waals surface area contributed by atoms with Crippen molar-refractivity contribution in [3.8, 4) is 17.1 Å². The number of halogens is 2. The Hall–Kier alpha value is -3.60. The van der Waals surface area contributed by atoms with Crippen LogP contribution in [0.2, 0.25) is 0 Å². The SMILES string of the molecule is Cc1cc(-n2cnc(CCS(C)(=O)=O)n2)nc([C@]23CC[C@@H](c4cc(-c5c(F)cccc5F)nnc42)C3(C)C)c1. The summed E-state index contributed by atoms with van der Waals surface area (Å²) >= 11 is 0. The van der Waals surface area contributed by atoms with E-state index in [-0.39, 0.29) is 34.8 Å². The van der Waals surface area contributed by atoms with Gasteiger partial charge in [-0.25, -0.2) is 31.8 Å². The molecule has 11 heteroatoms. The molecule has 1 fully saturated rings. The van der Waals surface area contributed by atoms with Crippen molar-refractivity contribution in [2.24, 2.45) is 5.41 Å². The summed E-state index contributed by atoms with van der Waals surface area (Å²) in [6, 6.07) is 9.52. The van der Waals surface area contributed by atoms with Crippen LogP contribution >= 0.6 is 0 Å². The topological polar surface area (TPSA) is 104 Å². The lowest BCUT2D eigenvalue weighted by atomic mass is 9.66. The third-order valence-electron chi connectivity index (χ3n) is 8.46. The number of benzene rings is 1. The number of sulfone groups is 1. The van der Waals surface area contributed by atoms with Gasteiger partial charge in [-0.2, -0.15) is 5.10 Å². The number of nitrogens with zero attached hydrogens (tertiary/aromatic N) is 6. The quantitative estimate of drug-likeness (QED) is 0.348. The Morgan fingerprint density at radius 3 is 2.56 bits per heavy atom. The molecule has 0 amide bonds. The van der Waals surface area contributed by atoms with Gasteiger partial charge in [0, 0.05) is 12.7 Å². The summed E-state index contributed by atoms with van der Waals surface area (Å²) in [5, 5.41) is 13.4. The second-order valence-electron chi connectivity index (χ2n) is 11.2. The molecule has 39 heavy (non-hydrogen) atoms. The van der Waals surface area contributed by atoms with E-state index in [2.05, 4.69) is 40.2 Å². The fraction of sp³-hybridized carbons (Fsp3) is 0.393. The highest BCUT2D eigenvalue weighted by Gasteiger charge is 2.65. The second-order valence-corrected chi connectivity index (χ2v) is 13.5. The molecule has 2 aliphatic carbocycles. The molecule has 2 bridgehead atoms. The number of fused-ring (bicyclic) bond motifs is 5. The predicted octanol–water partition coefficient (Wildman–Crippen LogP) is 4.50. The molecule has 0 radical (unpaired) electrons. The van der Waals surface area contributed by atoms with E-state index < -0.39 is 26.9 Å². The third kappa shape index (κ3) is 3.97. The predicted molar refractivity (Wildman–Crippen MR) is 141 cm³/mol. The third-order valence-corrected chi connectivity index (χ3v) is 9.41. The van der Waals surface area contributed by atoms with Gasteiger partial charge in [0.25, 0.3) is 0 Å². The molecule has 1 aromatic carbocycles. The molecule has 6 rings (SSSR count). The second kappa shape index (κ2) is 8.70. The van der Waals surface area contributed by atoms with E-state index >= 15 is 0 Å². The van der Waals surface area contributed by atoms with Crippen molar-refractivity contribution in [2.75, 3.05) is 12.0 Å². The first-order valence-electron chi connectivity index (χ1n) is 12.8. The van der Waals surface area contributed by atoms with Crippen molar-refractivity contribution in [3.63, 3.8) is 0 Å². The molecule has 0 aliphatic heterocycles. The zero-order valence-electron chi connectivity index (χ0n) is 22.1. The fourth-order valence-electron chi connectivity index (χ4n) is 6.54. The van der Waals surface area contributed by atoms with Crippen molar-refractivity contribution < 1.29 is 17.2 Å². The molecule has 0 N–H and O–H groups in total. The smallest absolute Gasteiger partial charge is 0.155 e. The van der Waals surface area contributed by atoms with Gasteiger partial charge >= 0.3 is 0 Å². The van der Waals surface area contributed by atoms with Gasteiger partial charge in [0.1, 0.15) is 27.8 Å². The van der Waals surface area contributed by atoms with Crippen LogP contribution in [0.1, 0.15) is 60.9 Å². The van der Waals surface area contributed by atoms with Crippen molar-refractivity contribution in [3.05, 3.63) is 82.7 Å². The van der Waals surface area contributed by atoms with Crippen LogP contribution in [0.3, 0.4) is 0 Å². The van der Waals surface area contributed by atoms with Gasteiger partial charge in [-0.1, -0.05) is 19.9 Å². The first kappa shape index (κ1) is 25.7. The molecule has 2 aliphatic rings. The number of hydrogen-bond acceptors (Lipinski definition) is 7. The Kier molecular flexibility index (Phi) is 5.73. The van der Waals surface area contributed by atoms with E-state index in [1.54, 1.807) is 17.1 Å². The van der Waals surface area contributed by atoms with E-state index in [4.69, 9.17) is 4.98 Å². The summed E-state index contributed by atoms with van der Waals surface area (Å²) in [5.74, 6) is -0.254. The van der Waals surface area contributed by atoms with Gasteiger partial charge in [0.05, 0.1) is 33.8 Å². The van der Waals surface area contributed by atoms with Crippen LogP contribution in [0.5, 0.6) is 0 Å². The molecule has 0 spiro atoms. The molecule has 2 atom stereocenters. The summed E-state index contributed by atoms with van der Waals surface area (Å²) in [6.07, 6.45) is 4.64. The molecule has 0 saturated heterocycles. The van der Waals surface area contributed by atoms with Crippen LogP contribution in [-0.4, -0.2) is 50.4 Å². The van der Waals surface area contributed by atoms with E-state index in [0.717, 1.165) is 35.4 Å². The monoisotopic (exact) mass is 550 g/mol. The normalized spacial score (nSPS) is 21.3. The maximum atomic E-state index is 14.6. The highest BCUT2D eigenvalue weighted by atomic mass is 32.2. The number of pyridine rings is 1.